The van der Waals surface area contributed by atoms with Crippen LogP contribution >= 0.6 is 0 Å². The number of ether oxygens (including phenoxy) is 1. The molecule has 1 aliphatic rings. The molecule has 17 heavy (non-hydrogen) atoms. The van der Waals surface area contributed by atoms with E-state index in [0.717, 1.165) is 24.3 Å². The number of anilines is 1. The van der Waals surface area contributed by atoms with Crippen molar-refractivity contribution in [2.45, 2.75) is 19.8 Å². The highest BCUT2D eigenvalue weighted by molar-refractivity contribution is 5.94. The summed E-state index contributed by atoms with van der Waals surface area (Å²) in [6.07, 6.45) is 2.02. The predicted octanol–water partition coefficient (Wildman–Crippen LogP) is 2.44. The van der Waals surface area contributed by atoms with Gasteiger partial charge in [0.2, 0.25) is 5.91 Å². The normalized spacial score (nSPS) is 13.5. The van der Waals surface area contributed by atoms with Crippen molar-refractivity contribution in [1.29, 1.82) is 0 Å². The van der Waals surface area contributed by atoms with Crippen molar-refractivity contribution in [3.63, 3.8) is 0 Å². The molecule has 0 atom stereocenters. The molecule has 1 aliphatic carbocycles. The highest BCUT2D eigenvalue weighted by Gasteiger charge is 2.29. The molecular formula is C14H15NO2. The van der Waals surface area contributed by atoms with E-state index in [2.05, 4.69) is 17.2 Å². The second kappa shape index (κ2) is 5.40. The van der Waals surface area contributed by atoms with Crippen LogP contribution in [0.3, 0.4) is 0 Å². The Morgan fingerprint density at radius 2 is 2.35 bits per heavy atom. The maximum atomic E-state index is 11.6. The molecule has 3 nitrogen and oxygen atoms in total. The largest absolute Gasteiger partial charge is 0.481 e. The Morgan fingerprint density at radius 1 is 1.53 bits per heavy atom. The first-order valence-corrected chi connectivity index (χ1v) is 5.73. The molecule has 2 rings (SSSR count). The van der Waals surface area contributed by atoms with Crippen LogP contribution in [0.25, 0.3) is 0 Å². The van der Waals surface area contributed by atoms with Crippen LogP contribution in [-0.4, -0.2) is 12.5 Å². The van der Waals surface area contributed by atoms with E-state index in [4.69, 9.17) is 4.74 Å². The third kappa shape index (κ3) is 3.53. The molecule has 1 N–H and O–H groups in total. The summed E-state index contributed by atoms with van der Waals surface area (Å²) in [7, 11) is 0. The molecule has 0 spiro atoms. The molecule has 0 aromatic heterocycles. The minimum atomic E-state index is 0.107. The third-order valence-corrected chi connectivity index (χ3v) is 2.54. The minimum absolute atomic E-state index is 0.107. The fourth-order valence-electron chi connectivity index (χ4n) is 1.45. The van der Waals surface area contributed by atoms with Gasteiger partial charge in [-0.1, -0.05) is 12.0 Å². The summed E-state index contributed by atoms with van der Waals surface area (Å²) in [5.74, 6) is 6.63. The molecule has 1 fully saturated rings. The number of amides is 1. The molecule has 0 unspecified atom stereocenters. The highest BCUT2D eigenvalue weighted by atomic mass is 16.5. The average Bonchev–Trinajstić information content (AvgIpc) is 3.14. The molecule has 1 saturated carbocycles. The van der Waals surface area contributed by atoms with Crippen LogP contribution in [0, 0.1) is 17.8 Å². The number of hydrogen-bond donors (Lipinski definition) is 1. The van der Waals surface area contributed by atoms with Crippen LogP contribution in [0.1, 0.15) is 19.8 Å². The smallest absolute Gasteiger partial charge is 0.227 e. The monoisotopic (exact) mass is 229 g/mol. The lowest BCUT2D eigenvalue weighted by atomic mass is 10.3. The maximum Gasteiger partial charge on any atom is 0.227 e. The van der Waals surface area contributed by atoms with E-state index in [1.54, 1.807) is 6.92 Å². The Kier molecular flexibility index (Phi) is 3.66. The van der Waals surface area contributed by atoms with Crippen molar-refractivity contribution in [3.05, 3.63) is 24.3 Å². The zero-order chi connectivity index (χ0) is 12.1. The zero-order valence-electron chi connectivity index (χ0n) is 9.82. The van der Waals surface area contributed by atoms with Gasteiger partial charge in [-0.2, -0.15) is 0 Å². The van der Waals surface area contributed by atoms with E-state index in [1.807, 2.05) is 24.3 Å². The summed E-state index contributed by atoms with van der Waals surface area (Å²) in [6, 6.07) is 7.39. The molecule has 3 heteroatoms. The number of nitrogens with one attached hydrogen (secondary N) is 1. The molecule has 0 saturated heterocycles. The van der Waals surface area contributed by atoms with Crippen LogP contribution in [0.2, 0.25) is 0 Å². The SMILES string of the molecule is CC#CCOc1cccc(NC(=O)C2CC2)c1. The number of hydrogen-bond acceptors (Lipinski definition) is 2. The van der Waals surface area contributed by atoms with Crippen molar-refractivity contribution in [2.75, 3.05) is 11.9 Å². The molecule has 1 amide bonds. The van der Waals surface area contributed by atoms with E-state index in [9.17, 15) is 4.79 Å². The lowest BCUT2D eigenvalue weighted by Crippen LogP contribution is -2.13. The molecular weight excluding hydrogens is 214 g/mol. The Morgan fingerprint density at radius 3 is 3.06 bits per heavy atom. The van der Waals surface area contributed by atoms with Gasteiger partial charge in [0.1, 0.15) is 12.4 Å². The van der Waals surface area contributed by atoms with Crippen molar-refractivity contribution < 1.29 is 9.53 Å². The molecule has 0 heterocycles. The standard InChI is InChI=1S/C14H15NO2/c1-2-3-9-17-13-6-4-5-12(10-13)15-14(16)11-7-8-11/h4-6,10-11H,7-9H2,1H3,(H,15,16). The van der Waals surface area contributed by atoms with Gasteiger partial charge in [0, 0.05) is 17.7 Å². The molecule has 1 aromatic rings. The first kappa shape index (κ1) is 11.5. The molecule has 0 aliphatic heterocycles. The average molecular weight is 229 g/mol. The van der Waals surface area contributed by atoms with Gasteiger partial charge in [-0.25, -0.2) is 0 Å². The van der Waals surface area contributed by atoms with Gasteiger partial charge in [0.05, 0.1) is 0 Å². The molecule has 1 aromatic carbocycles. The fraction of sp³-hybridized carbons (Fsp3) is 0.357. The Labute approximate surface area is 101 Å². The number of carbonyl (C=O) groups excluding carboxylic acids is 1. The number of benzene rings is 1. The van der Waals surface area contributed by atoms with Crippen molar-refractivity contribution in [1.82, 2.24) is 0 Å². The number of carbonyl (C=O) groups is 1. The minimum Gasteiger partial charge on any atom is -0.481 e. The Bertz CT molecular complexity index is 467. The van der Waals surface area contributed by atoms with E-state index in [0.29, 0.717) is 6.61 Å². The molecule has 0 radical (unpaired) electrons. The lowest BCUT2D eigenvalue weighted by Gasteiger charge is -2.06. The lowest BCUT2D eigenvalue weighted by molar-refractivity contribution is -0.117. The van der Waals surface area contributed by atoms with E-state index >= 15 is 0 Å². The quantitative estimate of drug-likeness (QED) is 0.805. The molecule has 0 bridgehead atoms. The second-order valence-corrected chi connectivity index (χ2v) is 4.01. The van der Waals surface area contributed by atoms with E-state index in [1.165, 1.54) is 0 Å². The van der Waals surface area contributed by atoms with Gasteiger partial charge >= 0.3 is 0 Å². The van der Waals surface area contributed by atoms with Crippen LogP contribution < -0.4 is 10.1 Å². The Hall–Kier alpha value is -1.95. The zero-order valence-corrected chi connectivity index (χ0v) is 9.82. The summed E-state index contributed by atoms with van der Waals surface area (Å²) in [6.45, 7) is 2.15. The second-order valence-electron chi connectivity index (χ2n) is 4.01. The Balaban J connectivity index is 1.94. The first-order valence-electron chi connectivity index (χ1n) is 5.73. The summed E-state index contributed by atoms with van der Waals surface area (Å²) in [5, 5.41) is 2.88. The predicted molar refractivity (Wildman–Crippen MR) is 66.7 cm³/mol. The summed E-state index contributed by atoms with van der Waals surface area (Å²) < 4.78 is 5.42. The van der Waals surface area contributed by atoms with Crippen LogP contribution in [-0.2, 0) is 4.79 Å². The van der Waals surface area contributed by atoms with Crippen LogP contribution in [0.5, 0.6) is 5.75 Å². The van der Waals surface area contributed by atoms with Gasteiger partial charge in [-0.05, 0) is 31.9 Å². The maximum absolute atomic E-state index is 11.6. The summed E-state index contributed by atoms with van der Waals surface area (Å²) in [5.41, 5.74) is 0.781. The summed E-state index contributed by atoms with van der Waals surface area (Å²) >= 11 is 0. The van der Waals surface area contributed by atoms with E-state index < -0.39 is 0 Å². The van der Waals surface area contributed by atoms with Gasteiger partial charge < -0.3 is 10.1 Å². The highest BCUT2D eigenvalue weighted by Crippen LogP contribution is 2.30. The number of rotatable bonds is 4. The van der Waals surface area contributed by atoms with Crippen LogP contribution in [0.15, 0.2) is 24.3 Å². The third-order valence-electron chi connectivity index (χ3n) is 2.54. The fourth-order valence-corrected chi connectivity index (χ4v) is 1.45. The topological polar surface area (TPSA) is 38.3 Å². The van der Waals surface area contributed by atoms with Crippen molar-refractivity contribution in [3.8, 4) is 17.6 Å². The van der Waals surface area contributed by atoms with Gasteiger partial charge in [-0.15, -0.1) is 5.92 Å². The van der Waals surface area contributed by atoms with Gasteiger partial charge in [-0.3, -0.25) is 4.79 Å². The van der Waals surface area contributed by atoms with Gasteiger partial charge in [0.15, 0.2) is 0 Å². The van der Waals surface area contributed by atoms with Crippen molar-refractivity contribution >= 4 is 11.6 Å². The van der Waals surface area contributed by atoms with Gasteiger partial charge in [0.25, 0.3) is 0 Å². The van der Waals surface area contributed by atoms with E-state index in [-0.39, 0.29) is 11.8 Å². The summed E-state index contributed by atoms with van der Waals surface area (Å²) in [4.78, 5) is 11.6. The van der Waals surface area contributed by atoms with Crippen LogP contribution in [0.4, 0.5) is 5.69 Å². The first-order chi connectivity index (χ1) is 8.29. The molecule has 88 valence electrons. The van der Waals surface area contributed by atoms with Crippen molar-refractivity contribution in [2.24, 2.45) is 5.92 Å².